The third-order valence-electron chi connectivity index (χ3n) is 5.65. The van der Waals surface area contributed by atoms with E-state index in [9.17, 15) is 4.79 Å². The molecule has 2 aliphatic carbocycles. The quantitative estimate of drug-likeness (QED) is 0.863. The van der Waals surface area contributed by atoms with Gasteiger partial charge in [-0.2, -0.15) is 0 Å². The summed E-state index contributed by atoms with van der Waals surface area (Å²) in [6.07, 6.45) is 3.57. The van der Waals surface area contributed by atoms with E-state index in [2.05, 4.69) is 16.0 Å². The van der Waals surface area contributed by atoms with Gasteiger partial charge in [-0.1, -0.05) is 17.7 Å². The van der Waals surface area contributed by atoms with Crippen molar-refractivity contribution in [3.8, 4) is 0 Å². The number of fused-ring (bicyclic) bond motifs is 4. The van der Waals surface area contributed by atoms with E-state index in [4.69, 9.17) is 17.3 Å². The van der Waals surface area contributed by atoms with Crippen LogP contribution < -0.4 is 5.73 Å². The van der Waals surface area contributed by atoms with Gasteiger partial charge in [0.1, 0.15) is 0 Å². The Kier molecular flexibility index (Phi) is 2.92. The first-order chi connectivity index (χ1) is 11.6. The van der Waals surface area contributed by atoms with E-state index >= 15 is 0 Å². The molecule has 122 valence electrons. The lowest BCUT2D eigenvalue weighted by atomic mass is 10.0. The standard InChI is InChI=1S/C18H17ClN4O/c19-11-2-1-9-5-13-15(12(9)6-11)16(13)17(24)23-4-3-10-7-21-18(20)22-14(10)8-23/h1-2,6-7,13,15-16H,3-5,8H2,(H2,20,21,22). The molecule has 0 spiro atoms. The van der Waals surface area contributed by atoms with Crippen molar-refractivity contribution >= 4 is 23.5 Å². The maximum Gasteiger partial charge on any atom is 0.226 e. The first-order valence-electron chi connectivity index (χ1n) is 8.29. The topological polar surface area (TPSA) is 72.1 Å². The minimum absolute atomic E-state index is 0.108. The second kappa shape index (κ2) is 4.93. The number of rotatable bonds is 1. The summed E-state index contributed by atoms with van der Waals surface area (Å²) in [4.78, 5) is 23.3. The molecule has 2 aromatic rings. The molecule has 24 heavy (non-hydrogen) atoms. The van der Waals surface area contributed by atoms with Gasteiger partial charge in [-0.05, 0) is 47.6 Å². The normalized spacial score (nSPS) is 26.5. The smallest absolute Gasteiger partial charge is 0.226 e. The summed E-state index contributed by atoms with van der Waals surface area (Å²) in [5.41, 5.74) is 10.3. The highest BCUT2D eigenvalue weighted by Gasteiger charge is 2.60. The molecule has 0 radical (unpaired) electrons. The molecule has 0 saturated heterocycles. The molecule has 3 unspecified atom stereocenters. The van der Waals surface area contributed by atoms with Gasteiger partial charge in [-0.25, -0.2) is 9.97 Å². The van der Waals surface area contributed by atoms with Gasteiger partial charge in [0.05, 0.1) is 12.2 Å². The van der Waals surface area contributed by atoms with Crippen LogP contribution in [0.5, 0.6) is 0 Å². The maximum atomic E-state index is 13.0. The number of hydrogen-bond acceptors (Lipinski definition) is 4. The maximum absolute atomic E-state index is 13.0. The summed E-state index contributed by atoms with van der Waals surface area (Å²) < 4.78 is 0. The van der Waals surface area contributed by atoms with Crippen LogP contribution in [0.25, 0.3) is 0 Å². The molecular formula is C18H17ClN4O. The van der Waals surface area contributed by atoms with Gasteiger partial charge < -0.3 is 10.6 Å². The monoisotopic (exact) mass is 340 g/mol. The van der Waals surface area contributed by atoms with Crippen molar-refractivity contribution in [2.75, 3.05) is 12.3 Å². The SMILES string of the molecule is Nc1ncc2c(n1)CN(C(=O)C1C3Cc4ccc(Cl)cc4C31)CC2. The highest BCUT2D eigenvalue weighted by molar-refractivity contribution is 6.30. The van der Waals surface area contributed by atoms with Crippen LogP contribution in [0.1, 0.15) is 28.3 Å². The largest absolute Gasteiger partial charge is 0.368 e. The first-order valence-corrected chi connectivity index (χ1v) is 8.67. The Morgan fingerprint density at radius 2 is 2.21 bits per heavy atom. The number of aromatic nitrogens is 2. The van der Waals surface area contributed by atoms with Crippen LogP contribution in [0.15, 0.2) is 24.4 Å². The molecule has 1 aliphatic heterocycles. The van der Waals surface area contributed by atoms with Crippen molar-refractivity contribution in [1.82, 2.24) is 14.9 Å². The molecule has 1 amide bonds. The molecule has 6 heteroatoms. The van der Waals surface area contributed by atoms with Gasteiger partial charge >= 0.3 is 0 Å². The third kappa shape index (κ3) is 2.04. The van der Waals surface area contributed by atoms with E-state index in [-0.39, 0.29) is 17.8 Å². The number of amides is 1. The summed E-state index contributed by atoms with van der Waals surface area (Å²) in [7, 11) is 0. The van der Waals surface area contributed by atoms with Crippen molar-refractivity contribution in [2.45, 2.75) is 25.3 Å². The predicted octanol–water partition coefficient (Wildman–Crippen LogP) is 2.18. The zero-order chi connectivity index (χ0) is 16.4. The molecule has 1 saturated carbocycles. The van der Waals surface area contributed by atoms with Gasteiger partial charge in [0, 0.05) is 29.6 Å². The van der Waals surface area contributed by atoms with Crippen LogP contribution in [0.4, 0.5) is 5.95 Å². The van der Waals surface area contributed by atoms with E-state index in [1.165, 1.54) is 11.1 Å². The number of anilines is 1. The first kappa shape index (κ1) is 14.2. The second-order valence-corrected chi connectivity index (χ2v) is 7.41. The van der Waals surface area contributed by atoms with Gasteiger partial charge in [-0.3, -0.25) is 4.79 Å². The van der Waals surface area contributed by atoms with Gasteiger partial charge in [0.2, 0.25) is 11.9 Å². The third-order valence-corrected chi connectivity index (χ3v) is 5.89. The molecule has 2 N–H and O–H groups in total. The van der Waals surface area contributed by atoms with Crippen molar-refractivity contribution in [3.05, 3.63) is 51.8 Å². The average Bonchev–Trinajstić information content (AvgIpc) is 3.17. The second-order valence-electron chi connectivity index (χ2n) is 6.97. The molecule has 5 rings (SSSR count). The molecule has 3 atom stereocenters. The van der Waals surface area contributed by atoms with Crippen molar-refractivity contribution in [1.29, 1.82) is 0 Å². The van der Waals surface area contributed by atoms with Crippen LogP contribution in [0, 0.1) is 11.8 Å². The Bertz CT molecular complexity index is 858. The van der Waals surface area contributed by atoms with E-state index in [0.717, 1.165) is 35.7 Å². The zero-order valence-electron chi connectivity index (χ0n) is 13.1. The number of carbonyl (C=O) groups excluding carboxylic acids is 1. The highest BCUT2D eigenvalue weighted by Crippen LogP contribution is 2.62. The van der Waals surface area contributed by atoms with E-state index < -0.39 is 0 Å². The summed E-state index contributed by atoms with van der Waals surface area (Å²) in [5, 5.41) is 0.756. The average molecular weight is 341 g/mol. The molecule has 1 aromatic carbocycles. The molecule has 1 fully saturated rings. The number of hydrogen-bond donors (Lipinski definition) is 1. The zero-order valence-corrected chi connectivity index (χ0v) is 13.8. The number of halogens is 1. The van der Waals surface area contributed by atoms with E-state index in [0.29, 0.717) is 18.4 Å². The number of nitrogens with zero attached hydrogens (tertiary/aromatic N) is 3. The van der Waals surface area contributed by atoms with Gasteiger partial charge in [-0.15, -0.1) is 0 Å². The Morgan fingerprint density at radius 1 is 1.33 bits per heavy atom. The molecular weight excluding hydrogens is 324 g/mol. The Hall–Kier alpha value is -2.14. The number of benzene rings is 1. The van der Waals surface area contributed by atoms with Crippen LogP contribution >= 0.6 is 11.6 Å². The highest BCUT2D eigenvalue weighted by atomic mass is 35.5. The van der Waals surface area contributed by atoms with Gasteiger partial charge in [0.25, 0.3) is 0 Å². The van der Waals surface area contributed by atoms with Crippen LogP contribution in [0.3, 0.4) is 0 Å². The minimum atomic E-state index is 0.108. The summed E-state index contributed by atoms with van der Waals surface area (Å²) >= 11 is 6.13. The van der Waals surface area contributed by atoms with E-state index in [1.807, 2.05) is 17.0 Å². The number of carbonyl (C=O) groups is 1. The fourth-order valence-electron chi connectivity index (χ4n) is 4.42. The lowest BCUT2D eigenvalue weighted by Crippen LogP contribution is -2.38. The Balaban J connectivity index is 1.36. The van der Waals surface area contributed by atoms with Crippen LogP contribution in [0.2, 0.25) is 5.02 Å². The van der Waals surface area contributed by atoms with Crippen molar-refractivity contribution in [3.63, 3.8) is 0 Å². The Labute approximate surface area is 144 Å². The predicted molar refractivity (Wildman–Crippen MR) is 90.4 cm³/mol. The number of nitrogen functional groups attached to an aromatic ring is 1. The number of nitrogens with two attached hydrogens (primary N) is 1. The molecule has 3 aliphatic rings. The molecule has 2 heterocycles. The summed E-state index contributed by atoms with van der Waals surface area (Å²) in [5.74, 6) is 1.43. The Morgan fingerprint density at radius 3 is 3.08 bits per heavy atom. The van der Waals surface area contributed by atoms with Crippen LogP contribution in [-0.4, -0.2) is 27.3 Å². The fourth-order valence-corrected chi connectivity index (χ4v) is 4.60. The van der Waals surface area contributed by atoms with Gasteiger partial charge in [0.15, 0.2) is 0 Å². The van der Waals surface area contributed by atoms with Crippen LogP contribution in [-0.2, 0) is 24.2 Å². The minimum Gasteiger partial charge on any atom is -0.368 e. The molecule has 0 bridgehead atoms. The fraction of sp³-hybridized carbons (Fsp3) is 0.389. The summed E-state index contributed by atoms with van der Waals surface area (Å²) in [6.45, 7) is 1.27. The summed E-state index contributed by atoms with van der Waals surface area (Å²) in [6, 6.07) is 6.07. The lowest BCUT2D eigenvalue weighted by Gasteiger charge is -2.28. The van der Waals surface area contributed by atoms with E-state index in [1.54, 1.807) is 6.20 Å². The van der Waals surface area contributed by atoms with Crippen molar-refractivity contribution in [2.24, 2.45) is 11.8 Å². The van der Waals surface area contributed by atoms with Crippen molar-refractivity contribution < 1.29 is 4.79 Å². The molecule has 1 aromatic heterocycles. The lowest BCUT2D eigenvalue weighted by molar-refractivity contribution is -0.134. The molecule has 5 nitrogen and oxygen atoms in total.